The van der Waals surface area contributed by atoms with Crippen molar-refractivity contribution >= 4 is 49.7 Å². The van der Waals surface area contributed by atoms with Crippen molar-refractivity contribution in [1.82, 2.24) is 29.3 Å². The molecule has 1 atom stereocenters. The van der Waals surface area contributed by atoms with E-state index in [0.29, 0.717) is 23.3 Å². The molecule has 0 fully saturated rings. The molecule has 0 amide bonds. The first-order valence-corrected chi connectivity index (χ1v) is 11.4. The van der Waals surface area contributed by atoms with Gasteiger partial charge in [-0.2, -0.15) is 17.5 Å². The van der Waals surface area contributed by atoms with Crippen molar-refractivity contribution in [2.24, 2.45) is 0 Å². The lowest BCUT2D eigenvalue weighted by atomic mass is 10.1. The fraction of sp³-hybridized carbons (Fsp3) is 0.176. The highest BCUT2D eigenvalue weighted by molar-refractivity contribution is 7.92. The smallest absolute Gasteiger partial charge is 0.361 e. The van der Waals surface area contributed by atoms with Crippen molar-refractivity contribution in [1.29, 1.82) is 0 Å². The van der Waals surface area contributed by atoms with Crippen LogP contribution < -0.4 is 5.32 Å². The Morgan fingerprint density at radius 2 is 1.84 bits per heavy atom. The van der Waals surface area contributed by atoms with Crippen LogP contribution in [-0.4, -0.2) is 43.2 Å². The molecule has 9 nitrogen and oxygen atoms in total. The first kappa shape index (κ1) is 22.2. The van der Waals surface area contributed by atoms with Crippen LogP contribution in [0.2, 0.25) is 5.02 Å². The normalized spacial score (nSPS) is 13.3. The van der Waals surface area contributed by atoms with Gasteiger partial charge in [0.25, 0.3) is 9.84 Å². The van der Waals surface area contributed by atoms with Crippen LogP contribution in [0, 0.1) is 0 Å². The molecule has 0 saturated carbocycles. The summed E-state index contributed by atoms with van der Waals surface area (Å²) < 4.78 is 67.1. The predicted octanol–water partition coefficient (Wildman–Crippen LogP) is 4.06. The zero-order valence-electron chi connectivity index (χ0n) is 15.9. The van der Waals surface area contributed by atoms with E-state index >= 15 is 0 Å². The Kier molecular flexibility index (Phi) is 5.68. The molecule has 0 spiro atoms. The molecule has 1 N–H and O–H groups in total. The predicted molar refractivity (Wildman–Crippen MR) is 111 cm³/mol. The maximum absolute atomic E-state index is 13.1. The molecule has 0 radical (unpaired) electrons. The number of fused-ring (bicyclic) bond motifs is 1. The molecule has 0 aliphatic carbocycles. The Labute approximate surface area is 187 Å². The van der Waals surface area contributed by atoms with Gasteiger partial charge in [-0.05, 0) is 30.6 Å². The number of hydrogen-bond donors (Lipinski definition) is 1. The first-order valence-electron chi connectivity index (χ1n) is 8.69. The Bertz CT molecular complexity index is 1400. The highest BCUT2D eigenvalue weighted by atomic mass is 35.5. The maximum atomic E-state index is 13.1. The molecule has 15 heteroatoms. The van der Waals surface area contributed by atoms with Gasteiger partial charge in [0, 0.05) is 17.8 Å². The molecule has 0 aliphatic rings. The average molecular weight is 502 g/mol. The zero-order chi connectivity index (χ0) is 23.1. The lowest BCUT2D eigenvalue weighted by molar-refractivity contribution is -0.0435. The second-order valence-electron chi connectivity index (χ2n) is 6.38. The summed E-state index contributed by atoms with van der Waals surface area (Å²) in [6, 6.07) is 0.974. The number of nitrogens with zero attached hydrogens (tertiary/aromatic N) is 6. The van der Waals surface area contributed by atoms with Crippen LogP contribution in [0.5, 0.6) is 0 Å². The van der Waals surface area contributed by atoms with E-state index in [2.05, 4.69) is 34.6 Å². The molecule has 1 unspecified atom stereocenters. The molecule has 0 aliphatic heterocycles. The second-order valence-corrected chi connectivity index (χ2v) is 9.34. The number of halogens is 4. The van der Waals surface area contributed by atoms with Crippen molar-refractivity contribution in [3.63, 3.8) is 0 Å². The molecule has 4 rings (SSSR count). The van der Waals surface area contributed by atoms with Crippen molar-refractivity contribution in [3.8, 4) is 11.5 Å². The van der Waals surface area contributed by atoms with Gasteiger partial charge in [0.15, 0.2) is 5.82 Å². The number of alkyl halides is 3. The fourth-order valence-electron chi connectivity index (χ4n) is 2.89. The minimum atomic E-state index is -5.63. The van der Waals surface area contributed by atoms with E-state index in [1.807, 2.05) is 0 Å². The average Bonchev–Trinajstić information content (AvgIpc) is 3.28. The van der Waals surface area contributed by atoms with Crippen molar-refractivity contribution in [2.45, 2.75) is 23.4 Å². The monoisotopic (exact) mass is 501 g/mol. The van der Waals surface area contributed by atoms with Gasteiger partial charge in [-0.15, -0.1) is 0 Å². The molecule has 0 bridgehead atoms. The summed E-state index contributed by atoms with van der Waals surface area (Å²) in [5.41, 5.74) is -3.02. The van der Waals surface area contributed by atoms with Gasteiger partial charge >= 0.3 is 5.51 Å². The standard InChI is InChI=1S/C17H11ClF3N7O2S2/c1-8(12-14(23-3-2-22-12)16-26-7-31-28-16)27-15-10-4-9(32(29,30)17(19,20)21)5-11(18)13(10)24-6-25-15/h2-8H,1H3,(H,24,25,27). The van der Waals surface area contributed by atoms with E-state index in [1.165, 1.54) is 17.9 Å². The number of sulfone groups is 1. The van der Waals surface area contributed by atoms with Crippen molar-refractivity contribution in [3.05, 3.63) is 47.1 Å². The zero-order valence-corrected chi connectivity index (χ0v) is 18.3. The van der Waals surface area contributed by atoms with Gasteiger partial charge in [-0.3, -0.25) is 4.98 Å². The number of benzene rings is 1. The quantitative estimate of drug-likeness (QED) is 0.431. The summed E-state index contributed by atoms with van der Waals surface area (Å²) in [5, 5.41) is 2.73. The number of nitrogens with one attached hydrogen (secondary N) is 1. The number of anilines is 1. The van der Waals surface area contributed by atoms with E-state index in [0.717, 1.165) is 23.9 Å². The van der Waals surface area contributed by atoms with Crippen LogP contribution in [0.25, 0.3) is 22.4 Å². The van der Waals surface area contributed by atoms with Crippen LogP contribution in [0.1, 0.15) is 18.7 Å². The minimum absolute atomic E-state index is 0.00750. The molecular formula is C17H11ClF3N7O2S2. The summed E-state index contributed by atoms with van der Waals surface area (Å²) in [4.78, 5) is 19.7. The highest BCUT2D eigenvalue weighted by Gasteiger charge is 2.47. The maximum Gasteiger partial charge on any atom is 0.501 e. The van der Waals surface area contributed by atoms with Crippen LogP contribution in [-0.2, 0) is 9.84 Å². The highest BCUT2D eigenvalue weighted by Crippen LogP contribution is 2.36. The fourth-order valence-corrected chi connectivity index (χ4v) is 4.46. The summed E-state index contributed by atoms with van der Waals surface area (Å²) in [6.45, 7) is 1.71. The summed E-state index contributed by atoms with van der Waals surface area (Å²) in [6.07, 6.45) is 4.09. The number of aromatic nitrogens is 6. The summed E-state index contributed by atoms with van der Waals surface area (Å²) in [5.74, 6) is 0.423. The third-order valence-corrected chi connectivity index (χ3v) is 6.58. The minimum Gasteiger partial charge on any atom is -0.361 e. The molecule has 1 aromatic carbocycles. The molecule has 4 aromatic rings. The lowest BCUT2D eigenvalue weighted by Crippen LogP contribution is -2.23. The number of rotatable bonds is 5. The largest absolute Gasteiger partial charge is 0.501 e. The van der Waals surface area contributed by atoms with Crippen molar-refractivity contribution in [2.75, 3.05) is 5.32 Å². The van der Waals surface area contributed by atoms with Gasteiger partial charge in [0.05, 0.1) is 27.2 Å². The Morgan fingerprint density at radius 3 is 2.53 bits per heavy atom. The van der Waals surface area contributed by atoms with E-state index in [1.54, 1.807) is 6.92 Å². The summed E-state index contributed by atoms with van der Waals surface area (Å²) >= 11 is 7.18. The molecule has 166 valence electrons. The third-order valence-electron chi connectivity index (χ3n) is 4.34. The van der Waals surface area contributed by atoms with Gasteiger partial charge in [-0.1, -0.05) is 11.6 Å². The third kappa shape index (κ3) is 3.96. The molecule has 3 heterocycles. The van der Waals surface area contributed by atoms with Crippen LogP contribution in [0.3, 0.4) is 0 Å². The summed E-state index contributed by atoms with van der Waals surface area (Å²) in [7, 11) is -5.63. The molecule has 0 saturated heterocycles. The van der Waals surface area contributed by atoms with E-state index in [9.17, 15) is 21.6 Å². The number of hydrogen-bond acceptors (Lipinski definition) is 10. The van der Waals surface area contributed by atoms with Crippen LogP contribution >= 0.6 is 23.1 Å². The van der Waals surface area contributed by atoms with E-state index in [-0.39, 0.29) is 21.7 Å². The van der Waals surface area contributed by atoms with E-state index < -0.39 is 26.3 Å². The topological polar surface area (TPSA) is 124 Å². The Hall–Kier alpha value is -2.97. The first-order chi connectivity index (χ1) is 15.1. The SMILES string of the molecule is CC(Nc1ncnc2c(Cl)cc(S(=O)(=O)C(F)(F)F)cc12)c1nccnc1-c1ncsn1. The van der Waals surface area contributed by atoms with Gasteiger partial charge in [-0.25, -0.2) is 28.4 Å². The van der Waals surface area contributed by atoms with Crippen LogP contribution in [0.4, 0.5) is 19.0 Å². The van der Waals surface area contributed by atoms with Gasteiger partial charge < -0.3 is 5.32 Å². The Balaban J connectivity index is 1.80. The van der Waals surface area contributed by atoms with Crippen molar-refractivity contribution < 1.29 is 21.6 Å². The molecular weight excluding hydrogens is 491 g/mol. The van der Waals surface area contributed by atoms with Crippen LogP contribution in [0.15, 0.2) is 41.3 Å². The lowest BCUT2D eigenvalue weighted by Gasteiger charge is -2.17. The van der Waals surface area contributed by atoms with Gasteiger partial charge in [0.1, 0.15) is 23.3 Å². The van der Waals surface area contributed by atoms with E-state index in [4.69, 9.17) is 11.6 Å². The second kappa shape index (κ2) is 8.18. The molecule has 3 aromatic heterocycles. The Morgan fingerprint density at radius 1 is 1.09 bits per heavy atom. The van der Waals surface area contributed by atoms with Gasteiger partial charge in [0.2, 0.25) is 0 Å². The molecule has 32 heavy (non-hydrogen) atoms.